The highest BCUT2D eigenvalue weighted by Gasteiger charge is 2.26. The third-order valence-electron chi connectivity index (χ3n) is 3.56. The molecular formula is C13H15Cl2N3O3. The maximum Gasteiger partial charge on any atom is 0.271 e. The summed E-state index contributed by atoms with van der Waals surface area (Å²) in [5.74, 6) is -0.318. The van der Waals surface area contributed by atoms with Crippen LogP contribution in [-0.2, 0) is 0 Å². The van der Waals surface area contributed by atoms with Crippen molar-refractivity contribution in [1.82, 2.24) is 9.80 Å². The van der Waals surface area contributed by atoms with Crippen molar-refractivity contribution in [3.8, 4) is 0 Å². The lowest BCUT2D eigenvalue weighted by Crippen LogP contribution is -2.48. The number of amides is 1. The molecule has 2 rings (SSSR count). The number of hydrogen-bond donors (Lipinski definition) is 0. The number of non-ortho nitro benzene ring substituents is 1. The van der Waals surface area contributed by atoms with E-state index in [2.05, 4.69) is 11.8 Å². The van der Waals surface area contributed by atoms with Crippen LogP contribution in [-0.4, -0.2) is 53.4 Å². The average molecular weight is 332 g/mol. The number of nitro benzene ring substituents is 1. The molecule has 0 atom stereocenters. The number of carbonyl (C=O) groups is 1. The van der Waals surface area contributed by atoms with E-state index in [-0.39, 0.29) is 27.2 Å². The first-order valence-electron chi connectivity index (χ1n) is 6.59. The van der Waals surface area contributed by atoms with Gasteiger partial charge in [-0.3, -0.25) is 14.9 Å². The lowest BCUT2D eigenvalue weighted by molar-refractivity contribution is -0.384. The van der Waals surface area contributed by atoms with Crippen LogP contribution in [0.4, 0.5) is 5.69 Å². The minimum atomic E-state index is -0.589. The topological polar surface area (TPSA) is 66.7 Å². The Balaban J connectivity index is 2.25. The smallest absolute Gasteiger partial charge is 0.271 e. The fraction of sp³-hybridized carbons (Fsp3) is 0.462. The van der Waals surface area contributed by atoms with E-state index in [1.807, 2.05) is 0 Å². The van der Waals surface area contributed by atoms with Crippen LogP contribution in [0.5, 0.6) is 0 Å². The van der Waals surface area contributed by atoms with Crippen LogP contribution >= 0.6 is 23.2 Å². The molecule has 1 fully saturated rings. The van der Waals surface area contributed by atoms with Gasteiger partial charge in [-0.2, -0.15) is 0 Å². The molecule has 1 aliphatic heterocycles. The first-order valence-corrected chi connectivity index (χ1v) is 7.34. The summed E-state index contributed by atoms with van der Waals surface area (Å²) in [5, 5.41) is 10.9. The average Bonchev–Trinajstić information content (AvgIpc) is 2.49. The van der Waals surface area contributed by atoms with Gasteiger partial charge in [0.2, 0.25) is 0 Å². The number of nitrogens with zero attached hydrogens (tertiary/aromatic N) is 3. The Hall–Kier alpha value is -1.37. The van der Waals surface area contributed by atoms with Gasteiger partial charge in [-0.25, -0.2) is 0 Å². The lowest BCUT2D eigenvalue weighted by atomic mass is 10.1. The van der Waals surface area contributed by atoms with Gasteiger partial charge in [0.25, 0.3) is 11.6 Å². The number of nitro groups is 1. The molecule has 6 nitrogen and oxygen atoms in total. The molecule has 0 bridgehead atoms. The van der Waals surface area contributed by atoms with Crippen LogP contribution in [0.2, 0.25) is 10.0 Å². The highest BCUT2D eigenvalue weighted by molar-refractivity contribution is 6.44. The third-order valence-corrected chi connectivity index (χ3v) is 4.36. The number of piperazine rings is 1. The van der Waals surface area contributed by atoms with Gasteiger partial charge in [0.15, 0.2) is 0 Å². The Morgan fingerprint density at radius 2 is 1.90 bits per heavy atom. The second kappa shape index (κ2) is 6.60. The van der Waals surface area contributed by atoms with Crippen molar-refractivity contribution in [2.75, 3.05) is 32.7 Å². The zero-order valence-electron chi connectivity index (χ0n) is 11.5. The van der Waals surface area contributed by atoms with Crippen LogP contribution in [0.25, 0.3) is 0 Å². The van der Waals surface area contributed by atoms with Crippen LogP contribution in [0, 0.1) is 10.1 Å². The molecule has 0 aliphatic carbocycles. The van der Waals surface area contributed by atoms with Gasteiger partial charge in [-0.15, -0.1) is 0 Å². The minimum Gasteiger partial charge on any atom is -0.336 e. The Kier molecular flexibility index (Phi) is 5.03. The Morgan fingerprint density at radius 3 is 2.43 bits per heavy atom. The number of benzene rings is 1. The molecule has 8 heteroatoms. The van der Waals surface area contributed by atoms with Crippen molar-refractivity contribution in [1.29, 1.82) is 0 Å². The summed E-state index contributed by atoms with van der Waals surface area (Å²) in [6.07, 6.45) is 0. The molecule has 1 aliphatic rings. The van der Waals surface area contributed by atoms with E-state index in [9.17, 15) is 14.9 Å². The summed E-state index contributed by atoms with van der Waals surface area (Å²) in [6, 6.07) is 2.33. The molecular weight excluding hydrogens is 317 g/mol. The van der Waals surface area contributed by atoms with Gasteiger partial charge in [-0.05, 0) is 6.54 Å². The molecule has 0 N–H and O–H groups in total. The number of carbonyl (C=O) groups excluding carboxylic acids is 1. The van der Waals surface area contributed by atoms with E-state index in [1.165, 1.54) is 6.07 Å². The fourth-order valence-electron chi connectivity index (χ4n) is 2.27. The van der Waals surface area contributed by atoms with E-state index < -0.39 is 4.92 Å². The first kappa shape index (κ1) is 16.0. The molecule has 21 heavy (non-hydrogen) atoms. The second-order valence-electron chi connectivity index (χ2n) is 4.77. The van der Waals surface area contributed by atoms with Crippen LogP contribution in [0.1, 0.15) is 17.3 Å². The SMILES string of the molecule is CCN1CCN(C(=O)c2cc([N+](=O)[O-])cc(Cl)c2Cl)CC1. The number of likely N-dealkylation sites (N-methyl/N-ethyl adjacent to an activating group) is 1. The quantitative estimate of drug-likeness (QED) is 0.630. The number of hydrogen-bond acceptors (Lipinski definition) is 4. The predicted octanol–water partition coefficient (Wildman–Crippen LogP) is 2.68. The van der Waals surface area contributed by atoms with Crippen molar-refractivity contribution >= 4 is 34.8 Å². The zero-order chi connectivity index (χ0) is 15.6. The maximum atomic E-state index is 12.5. The highest BCUT2D eigenvalue weighted by Crippen LogP contribution is 2.31. The predicted molar refractivity (Wildman–Crippen MR) is 81.1 cm³/mol. The monoisotopic (exact) mass is 331 g/mol. The van der Waals surface area contributed by atoms with Crippen LogP contribution < -0.4 is 0 Å². The van der Waals surface area contributed by atoms with Crippen LogP contribution in [0.15, 0.2) is 12.1 Å². The van der Waals surface area contributed by atoms with Crippen molar-refractivity contribution in [3.63, 3.8) is 0 Å². The van der Waals surface area contributed by atoms with E-state index in [0.29, 0.717) is 13.1 Å². The summed E-state index contributed by atoms with van der Waals surface area (Å²) in [6.45, 7) is 5.71. The highest BCUT2D eigenvalue weighted by atomic mass is 35.5. The summed E-state index contributed by atoms with van der Waals surface area (Å²) >= 11 is 11.9. The van der Waals surface area contributed by atoms with Crippen LogP contribution in [0.3, 0.4) is 0 Å². The van der Waals surface area contributed by atoms with E-state index in [1.54, 1.807) is 4.90 Å². The van der Waals surface area contributed by atoms with Gasteiger partial charge in [0.1, 0.15) is 0 Å². The third kappa shape index (κ3) is 3.45. The molecule has 1 heterocycles. The molecule has 0 radical (unpaired) electrons. The van der Waals surface area contributed by atoms with Crippen molar-refractivity contribution in [2.45, 2.75) is 6.92 Å². The van der Waals surface area contributed by atoms with Gasteiger partial charge < -0.3 is 9.80 Å². The van der Waals surface area contributed by atoms with Gasteiger partial charge >= 0.3 is 0 Å². The summed E-state index contributed by atoms with van der Waals surface area (Å²) in [4.78, 5) is 26.6. The standard InChI is InChI=1S/C13H15Cl2N3O3/c1-2-16-3-5-17(6-4-16)13(19)10-7-9(18(20)21)8-11(14)12(10)15/h7-8H,2-6H2,1H3. The maximum absolute atomic E-state index is 12.5. The molecule has 1 saturated heterocycles. The largest absolute Gasteiger partial charge is 0.336 e. The minimum absolute atomic E-state index is 0.0152. The molecule has 114 valence electrons. The van der Waals surface area contributed by atoms with E-state index in [0.717, 1.165) is 25.7 Å². The van der Waals surface area contributed by atoms with Crippen molar-refractivity contribution < 1.29 is 9.72 Å². The molecule has 0 spiro atoms. The number of rotatable bonds is 3. The first-order chi connectivity index (χ1) is 9.93. The molecule has 0 unspecified atom stereocenters. The van der Waals surface area contributed by atoms with Crippen molar-refractivity contribution in [3.05, 3.63) is 37.9 Å². The molecule has 1 aromatic carbocycles. The van der Waals surface area contributed by atoms with Gasteiger partial charge in [0.05, 0.1) is 20.5 Å². The van der Waals surface area contributed by atoms with Gasteiger partial charge in [0, 0.05) is 38.3 Å². The lowest BCUT2D eigenvalue weighted by Gasteiger charge is -2.34. The second-order valence-corrected chi connectivity index (χ2v) is 5.56. The summed E-state index contributed by atoms with van der Waals surface area (Å²) in [5.41, 5.74) is -0.152. The Labute approximate surface area is 132 Å². The normalized spacial score (nSPS) is 16.0. The zero-order valence-corrected chi connectivity index (χ0v) is 13.0. The molecule has 1 amide bonds. The fourth-order valence-corrected chi connectivity index (χ4v) is 2.68. The Bertz CT molecular complexity index is 572. The molecule has 1 aromatic rings. The summed E-state index contributed by atoms with van der Waals surface area (Å²) in [7, 11) is 0. The van der Waals surface area contributed by atoms with Crippen molar-refractivity contribution in [2.24, 2.45) is 0 Å². The van der Waals surface area contributed by atoms with Gasteiger partial charge in [-0.1, -0.05) is 30.1 Å². The Morgan fingerprint density at radius 1 is 1.29 bits per heavy atom. The summed E-state index contributed by atoms with van der Waals surface area (Å²) < 4.78 is 0. The van der Waals surface area contributed by atoms with E-state index >= 15 is 0 Å². The number of halogens is 2. The molecule has 0 saturated carbocycles. The van der Waals surface area contributed by atoms with E-state index in [4.69, 9.17) is 23.2 Å². The molecule has 0 aromatic heterocycles.